The van der Waals surface area contributed by atoms with Gasteiger partial charge in [0.2, 0.25) is 5.60 Å². The molecule has 0 radical (unpaired) electrons. The fourth-order valence-corrected chi connectivity index (χ4v) is 1.08. The Morgan fingerprint density at radius 3 is 1.67 bits per heavy atom. The number of hydrogen-bond donors (Lipinski definition) is 4. The summed E-state index contributed by atoms with van der Waals surface area (Å²) in [6.07, 6.45) is -2.33. The summed E-state index contributed by atoms with van der Waals surface area (Å²) in [4.78, 5) is 42.8. The van der Waals surface area contributed by atoms with Gasteiger partial charge in [0.15, 0.2) is 0 Å². The van der Waals surface area contributed by atoms with Crippen LogP contribution in [0.25, 0.3) is 0 Å². The number of rotatable bonds is 7. The second-order valence-electron chi connectivity index (χ2n) is 3.12. The second kappa shape index (κ2) is 7.84. The third kappa shape index (κ3) is 5.79. The van der Waals surface area contributed by atoms with Crippen LogP contribution in [-0.2, 0) is 23.9 Å². The fraction of sp³-hybridized carbons (Fsp3) is 0.500. The van der Waals surface area contributed by atoms with E-state index in [2.05, 4.69) is 4.74 Å². The maximum absolute atomic E-state index is 10.9. The maximum atomic E-state index is 10.9. The first kappa shape index (κ1) is 19.0. The van der Waals surface area contributed by atoms with Crippen molar-refractivity contribution < 1.29 is 42.1 Å². The second-order valence-corrected chi connectivity index (χ2v) is 3.12. The molecule has 0 saturated heterocycles. The van der Waals surface area contributed by atoms with Gasteiger partial charge in [-0.3, -0.25) is 14.4 Å². The van der Waals surface area contributed by atoms with Gasteiger partial charge in [0.25, 0.3) is 0 Å². The molecular formula is C8H13MgNO8. The van der Waals surface area contributed by atoms with Crippen molar-refractivity contribution in [1.82, 2.24) is 0 Å². The molecule has 100 valence electrons. The molecule has 0 bridgehead atoms. The van der Waals surface area contributed by atoms with Crippen molar-refractivity contribution in [3.63, 3.8) is 0 Å². The molecule has 0 aliphatic heterocycles. The van der Waals surface area contributed by atoms with Gasteiger partial charge in [-0.15, -0.1) is 0 Å². The molecule has 10 heteroatoms. The van der Waals surface area contributed by atoms with Crippen LogP contribution >= 0.6 is 0 Å². The van der Waals surface area contributed by atoms with Crippen LogP contribution in [0.4, 0.5) is 0 Å². The van der Waals surface area contributed by atoms with Gasteiger partial charge in [-0.05, 0) is 0 Å². The quantitative estimate of drug-likeness (QED) is 0.307. The number of nitrogens with two attached hydrogens (primary N) is 1. The molecule has 0 aliphatic rings. The Hall–Kier alpha value is -1.39. The Morgan fingerprint density at radius 1 is 1.06 bits per heavy atom. The van der Waals surface area contributed by atoms with E-state index >= 15 is 0 Å². The normalized spacial score (nSPS) is 10.1. The van der Waals surface area contributed by atoms with Crippen molar-refractivity contribution in [1.29, 1.82) is 0 Å². The molecule has 0 amide bonds. The number of carbonyl (C=O) groups excluding carboxylic acids is 1. The maximum Gasteiger partial charge on any atom is 2.00 e. The first-order chi connectivity index (χ1) is 7.73. The molecule has 0 spiro atoms. The SMILES string of the molecule is NCC(=O)OC(CC(=O)O)(CC(=O)O)C(=O)O.[H-].[H-].[Mg+2]. The molecule has 0 heterocycles. The molecule has 5 N–H and O–H groups in total. The Balaban J connectivity index is -0.000000427. The zero-order chi connectivity index (χ0) is 13.6. The predicted molar refractivity (Wildman–Crippen MR) is 58.0 cm³/mol. The zero-order valence-corrected chi connectivity index (χ0v) is 10.7. The third-order valence-corrected chi connectivity index (χ3v) is 1.74. The van der Waals surface area contributed by atoms with Crippen LogP contribution in [0.2, 0.25) is 0 Å². The summed E-state index contributed by atoms with van der Waals surface area (Å²) in [7, 11) is 0. The van der Waals surface area contributed by atoms with Crippen LogP contribution in [0.1, 0.15) is 15.7 Å². The van der Waals surface area contributed by atoms with Gasteiger partial charge in [-0.1, -0.05) is 0 Å². The van der Waals surface area contributed by atoms with Gasteiger partial charge >= 0.3 is 46.9 Å². The molecule has 0 aromatic rings. The van der Waals surface area contributed by atoms with Gasteiger partial charge in [0.05, 0.1) is 19.4 Å². The first-order valence-corrected chi connectivity index (χ1v) is 4.32. The number of carbonyl (C=O) groups is 4. The van der Waals surface area contributed by atoms with Crippen LogP contribution in [0.3, 0.4) is 0 Å². The fourth-order valence-electron chi connectivity index (χ4n) is 1.08. The van der Waals surface area contributed by atoms with Crippen molar-refractivity contribution in [2.24, 2.45) is 5.73 Å². The molecule has 9 nitrogen and oxygen atoms in total. The van der Waals surface area contributed by atoms with Crippen molar-refractivity contribution >= 4 is 46.9 Å². The van der Waals surface area contributed by atoms with Crippen LogP contribution in [-0.4, -0.2) is 74.4 Å². The number of carboxylic acids is 3. The van der Waals surface area contributed by atoms with Gasteiger partial charge in [-0.2, -0.15) is 0 Å². The summed E-state index contributed by atoms with van der Waals surface area (Å²) in [6.45, 7) is -0.686. The summed E-state index contributed by atoms with van der Waals surface area (Å²) < 4.78 is 4.35. The van der Waals surface area contributed by atoms with Crippen molar-refractivity contribution in [3.05, 3.63) is 0 Å². The largest absolute Gasteiger partial charge is 2.00 e. The summed E-state index contributed by atoms with van der Waals surface area (Å²) in [6, 6.07) is 0. The van der Waals surface area contributed by atoms with Crippen LogP contribution in [0, 0.1) is 0 Å². The summed E-state index contributed by atoms with van der Waals surface area (Å²) in [5.41, 5.74) is 2.23. The number of hydrogen-bond acceptors (Lipinski definition) is 6. The van der Waals surface area contributed by atoms with E-state index in [1.165, 1.54) is 0 Å². The van der Waals surface area contributed by atoms with E-state index in [-0.39, 0.29) is 25.9 Å². The van der Waals surface area contributed by atoms with Gasteiger partial charge in [0, 0.05) is 0 Å². The Bertz CT molecular complexity index is 348. The van der Waals surface area contributed by atoms with Crippen molar-refractivity contribution in [2.45, 2.75) is 18.4 Å². The van der Waals surface area contributed by atoms with Crippen molar-refractivity contribution in [2.75, 3.05) is 6.54 Å². The van der Waals surface area contributed by atoms with E-state index in [9.17, 15) is 19.2 Å². The number of ether oxygens (including phenoxy) is 1. The van der Waals surface area contributed by atoms with E-state index in [0.29, 0.717) is 0 Å². The summed E-state index contributed by atoms with van der Waals surface area (Å²) in [5, 5.41) is 25.9. The molecule has 0 rings (SSSR count). The Kier molecular flexibility index (Phi) is 8.26. The van der Waals surface area contributed by atoms with Gasteiger partial charge in [0.1, 0.15) is 0 Å². The smallest absolute Gasteiger partial charge is 1.00 e. The van der Waals surface area contributed by atoms with Crippen LogP contribution in [0.5, 0.6) is 0 Å². The average molecular weight is 275 g/mol. The number of aliphatic carboxylic acids is 3. The zero-order valence-electron chi connectivity index (χ0n) is 11.3. The number of carboxylic acid groups (broad SMARTS) is 3. The molecule has 0 fully saturated rings. The summed E-state index contributed by atoms with van der Waals surface area (Å²) >= 11 is 0. The van der Waals surface area contributed by atoms with E-state index in [1.54, 1.807) is 0 Å². The van der Waals surface area contributed by atoms with E-state index in [0.717, 1.165) is 0 Å². The molecule has 0 unspecified atom stereocenters. The monoisotopic (exact) mass is 275 g/mol. The minimum Gasteiger partial charge on any atom is -1.00 e. The third-order valence-electron chi connectivity index (χ3n) is 1.74. The minimum absolute atomic E-state index is 0. The molecule has 0 aliphatic carbocycles. The first-order valence-electron chi connectivity index (χ1n) is 4.32. The molecule has 0 aromatic heterocycles. The van der Waals surface area contributed by atoms with E-state index < -0.39 is 48.9 Å². The molecule has 0 aromatic carbocycles. The minimum atomic E-state index is -2.64. The number of esters is 1. The topological polar surface area (TPSA) is 164 Å². The van der Waals surface area contributed by atoms with Gasteiger partial charge < -0.3 is 28.6 Å². The van der Waals surface area contributed by atoms with Crippen LogP contribution < -0.4 is 5.73 Å². The van der Waals surface area contributed by atoms with E-state index in [1.807, 2.05) is 0 Å². The van der Waals surface area contributed by atoms with Gasteiger partial charge in [-0.25, -0.2) is 4.79 Å². The predicted octanol–water partition coefficient (Wildman–Crippen LogP) is -1.89. The molecule has 0 atom stereocenters. The van der Waals surface area contributed by atoms with Crippen LogP contribution in [0.15, 0.2) is 0 Å². The Morgan fingerprint density at radius 2 is 1.44 bits per heavy atom. The molecular weight excluding hydrogens is 262 g/mol. The van der Waals surface area contributed by atoms with E-state index in [4.69, 9.17) is 21.1 Å². The molecule has 18 heavy (non-hydrogen) atoms. The molecule has 0 saturated carbocycles. The summed E-state index contributed by atoms with van der Waals surface area (Å²) in [5.74, 6) is -6.28. The van der Waals surface area contributed by atoms with Crippen molar-refractivity contribution in [3.8, 4) is 0 Å². The average Bonchev–Trinajstić information content (AvgIpc) is 2.14. The standard InChI is InChI=1S/C8H11NO8.Mg.2H/c9-3-6(14)17-8(7(15)16,1-4(10)11)2-5(12)13;;;/h1-3,9H2,(H,10,11)(H,12,13)(H,15,16);;;/q;+2;2*-1. The Labute approximate surface area is 120 Å².